The van der Waals surface area contributed by atoms with Gasteiger partial charge in [0.15, 0.2) is 7.05 Å². The largest absolute Gasteiger partial charge is 0.477 e. The number of aromatic nitrogens is 4. The van der Waals surface area contributed by atoms with Crippen LogP contribution in [0.4, 0.5) is 0 Å². The van der Waals surface area contributed by atoms with Crippen molar-refractivity contribution in [1.82, 2.24) is 14.9 Å². The zero-order valence-electron chi connectivity index (χ0n) is 8.72. The lowest BCUT2D eigenvalue weighted by molar-refractivity contribution is -0.734. The summed E-state index contributed by atoms with van der Waals surface area (Å²) in [6, 6.07) is 0. The van der Waals surface area contributed by atoms with Gasteiger partial charge in [0.05, 0.1) is 11.6 Å². The van der Waals surface area contributed by atoms with Crippen molar-refractivity contribution < 1.29 is 14.6 Å². The van der Waals surface area contributed by atoms with Crippen molar-refractivity contribution >= 4 is 17.0 Å². The number of fused-ring (bicyclic) bond motifs is 1. The Bertz CT molecular complexity index is 559. The number of hydrogen-bond donors (Lipinski definition) is 1. The highest BCUT2D eigenvalue weighted by atomic mass is 16.4. The molecule has 15 heavy (non-hydrogen) atoms. The Morgan fingerprint density at radius 2 is 2.27 bits per heavy atom. The standard InChI is InChI=1S/C9H10N4O2/c1-5-7(9(14)15)6-4-10-13(3)8(6)11-12(5)2/h4H,1-3H3/p+1. The molecule has 0 unspecified atom stereocenters. The molecule has 2 aromatic heterocycles. The third kappa shape index (κ3) is 1.25. The van der Waals surface area contributed by atoms with Crippen molar-refractivity contribution in [2.24, 2.45) is 14.1 Å². The van der Waals surface area contributed by atoms with Gasteiger partial charge in [0, 0.05) is 19.1 Å². The predicted molar refractivity (Wildman–Crippen MR) is 51.4 cm³/mol. The van der Waals surface area contributed by atoms with Crippen molar-refractivity contribution in [3.63, 3.8) is 0 Å². The van der Waals surface area contributed by atoms with E-state index >= 15 is 0 Å². The summed E-state index contributed by atoms with van der Waals surface area (Å²) >= 11 is 0. The first kappa shape index (κ1) is 9.57. The molecule has 0 aliphatic rings. The summed E-state index contributed by atoms with van der Waals surface area (Å²) in [7, 11) is 3.45. The van der Waals surface area contributed by atoms with E-state index in [2.05, 4.69) is 10.2 Å². The molecule has 6 nitrogen and oxygen atoms in total. The Morgan fingerprint density at radius 1 is 1.60 bits per heavy atom. The first-order valence-corrected chi connectivity index (χ1v) is 4.44. The number of nitrogens with zero attached hydrogens (tertiary/aromatic N) is 4. The quantitative estimate of drug-likeness (QED) is 0.657. The highest BCUT2D eigenvalue weighted by molar-refractivity contribution is 6.01. The zero-order chi connectivity index (χ0) is 11.2. The predicted octanol–water partition coefficient (Wildman–Crippen LogP) is -0.201. The van der Waals surface area contributed by atoms with Crippen LogP contribution >= 0.6 is 0 Å². The molecule has 6 heteroatoms. The van der Waals surface area contributed by atoms with Crippen LogP contribution in [0.3, 0.4) is 0 Å². The molecule has 78 valence electrons. The topological polar surface area (TPSA) is 71.9 Å². The summed E-state index contributed by atoms with van der Waals surface area (Å²) in [5.74, 6) is -0.955. The summed E-state index contributed by atoms with van der Waals surface area (Å²) in [6.45, 7) is 1.73. The Morgan fingerprint density at radius 3 is 2.87 bits per heavy atom. The molecule has 0 atom stereocenters. The van der Waals surface area contributed by atoms with Gasteiger partial charge in [-0.3, -0.25) is 0 Å². The number of aryl methyl sites for hydroxylation is 2. The van der Waals surface area contributed by atoms with E-state index in [4.69, 9.17) is 5.11 Å². The van der Waals surface area contributed by atoms with E-state index < -0.39 is 5.97 Å². The molecule has 0 radical (unpaired) electrons. The van der Waals surface area contributed by atoms with Gasteiger partial charge in [-0.05, 0) is 0 Å². The van der Waals surface area contributed by atoms with Crippen molar-refractivity contribution in [2.45, 2.75) is 6.92 Å². The van der Waals surface area contributed by atoms with Crippen LogP contribution in [0.25, 0.3) is 11.0 Å². The fourth-order valence-corrected chi connectivity index (χ4v) is 1.57. The molecule has 0 amide bonds. The highest BCUT2D eigenvalue weighted by Gasteiger charge is 2.23. The number of aromatic carboxylic acids is 1. The molecule has 0 bridgehead atoms. The first-order valence-electron chi connectivity index (χ1n) is 4.44. The number of carboxylic acids is 1. The minimum absolute atomic E-state index is 0.260. The smallest absolute Gasteiger partial charge is 0.343 e. The maximum absolute atomic E-state index is 11.1. The molecule has 0 aliphatic heterocycles. The summed E-state index contributed by atoms with van der Waals surface area (Å²) in [5.41, 5.74) is 1.44. The van der Waals surface area contributed by atoms with E-state index in [9.17, 15) is 4.79 Å². The van der Waals surface area contributed by atoms with Crippen molar-refractivity contribution in [3.8, 4) is 0 Å². The summed E-state index contributed by atoms with van der Waals surface area (Å²) < 4.78 is 3.11. The van der Waals surface area contributed by atoms with Crippen molar-refractivity contribution in [3.05, 3.63) is 17.5 Å². The number of rotatable bonds is 1. The monoisotopic (exact) mass is 207 g/mol. The Hall–Kier alpha value is -1.98. The van der Waals surface area contributed by atoms with Crippen LogP contribution < -0.4 is 4.68 Å². The van der Waals surface area contributed by atoms with Crippen LogP contribution in [0.2, 0.25) is 0 Å². The molecule has 0 saturated carbocycles. The van der Waals surface area contributed by atoms with Crippen LogP contribution in [-0.2, 0) is 14.1 Å². The Kier molecular flexibility index (Phi) is 1.92. The highest BCUT2D eigenvalue weighted by Crippen LogP contribution is 2.16. The number of hydrogen-bond acceptors (Lipinski definition) is 3. The average Bonchev–Trinajstić information content (AvgIpc) is 2.49. The van der Waals surface area contributed by atoms with E-state index in [1.54, 1.807) is 30.4 Å². The number of carbonyl (C=O) groups is 1. The second-order valence-corrected chi connectivity index (χ2v) is 3.39. The van der Waals surface area contributed by atoms with Gasteiger partial charge in [-0.1, -0.05) is 4.68 Å². The van der Waals surface area contributed by atoms with E-state index in [0.29, 0.717) is 16.7 Å². The zero-order valence-corrected chi connectivity index (χ0v) is 8.72. The molecular weight excluding hydrogens is 196 g/mol. The molecule has 2 aromatic rings. The van der Waals surface area contributed by atoms with Gasteiger partial charge in [0.25, 0.3) is 0 Å². The molecular formula is C9H11N4O2+. The van der Waals surface area contributed by atoms with Gasteiger partial charge < -0.3 is 5.11 Å². The second kappa shape index (κ2) is 3.01. The molecule has 1 N–H and O–H groups in total. The maximum atomic E-state index is 11.1. The third-order valence-corrected chi connectivity index (χ3v) is 2.48. The van der Waals surface area contributed by atoms with E-state index in [1.807, 2.05) is 0 Å². The van der Waals surface area contributed by atoms with Gasteiger partial charge in [0.1, 0.15) is 5.56 Å². The molecule has 0 fully saturated rings. The lowest BCUT2D eigenvalue weighted by Crippen LogP contribution is -2.38. The minimum Gasteiger partial charge on any atom is -0.477 e. The SMILES string of the molecule is Cc1c(C(=O)O)c2cnn(C)c2n[n+]1C. The lowest BCUT2D eigenvalue weighted by Gasteiger charge is -1.99. The normalized spacial score (nSPS) is 10.9. The molecule has 0 spiro atoms. The minimum atomic E-state index is -0.955. The molecule has 0 saturated heterocycles. The van der Waals surface area contributed by atoms with Gasteiger partial charge in [-0.15, -0.1) is 0 Å². The van der Waals surface area contributed by atoms with Crippen LogP contribution in [0.5, 0.6) is 0 Å². The van der Waals surface area contributed by atoms with Gasteiger partial charge in [-0.2, -0.15) is 5.10 Å². The fraction of sp³-hybridized carbons (Fsp3) is 0.333. The second-order valence-electron chi connectivity index (χ2n) is 3.39. The molecule has 0 aliphatic carbocycles. The summed E-state index contributed by atoms with van der Waals surface area (Å²) in [5, 5.41) is 17.9. The fourth-order valence-electron chi connectivity index (χ4n) is 1.57. The van der Waals surface area contributed by atoms with Crippen molar-refractivity contribution in [2.75, 3.05) is 0 Å². The van der Waals surface area contributed by atoms with E-state index in [-0.39, 0.29) is 5.56 Å². The Labute approximate surface area is 85.8 Å². The van der Waals surface area contributed by atoms with E-state index in [0.717, 1.165) is 0 Å². The van der Waals surface area contributed by atoms with Crippen LogP contribution in [-0.4, -0.2) is 26.0 Å². The van der Waals surface area contributed by atoms with Gasteiger partial charge >= 0.3 is 5.97 Å². The molecule has 0 aromatic carbocycles. The van der Waals surface area contributed by atoms with Gasteiger partial charge in [-0.25, -0.2) is 9.48 Å². The lowest BCUT2D eigenvalue weighted by atomic mass is 10.1. The van der Waals surface area contributed by atoms with Crippen molar-refractivity contribution in [1.29, 1.82) is 0 Å². The third-order valence-electron chi connectivity index (χ3n) is 2.48. The first-order chi connectivity index (χ1) is 7.02. The van der Waals surface area contributed by atoms with Crippen LogP contribution in [0, 0.1) is 6.92 Å². The Balaban J connectivity index is 2.97. The number of carboxylic acid groups (broad SMARTS) is 1. The summed E-state index contributed by atoms with van der Waals surface area (Å²) in [4.78, 5) is 11.1. The maximum Gasteiger partial charge on any atom is 0.343 e. The van der Waals surface area contributed by atoms with Gasteiger partial charge in [0.2, 0.25) is 11.3 Å². The molecule has 2 rings (SSSR count). The average molecular weight is 207 g/mol. The van der Waals surface area contributed by atoms with Crippen LogP contribution in [0.15, 0.2) is 6.20 Å². The van der Waals surface area contributed by atoms with E-state index in [1.165, 1.54) is 6.20 Å². The summed E-state index contributed by atoms with van der Waals surface area (Å²) in [6.07, 6.45) is 1.53. The molecule has 2 heterocycles. The van der Waals surface area contributed by atoms with Crippen LogP contribution in [0.1, 0.15) is 16.1 Å².